The highest BCUT2D eigenvalue weighted by atomic mass is 16.8. The summed E-state index contributed by atoms with van der Waals surface area (Å²) in [5.41, 5.74) is 0. The van der Waals surface area contributed by atoms with Gasteiger partial charge < -0.3 is 14.2 Å². The van der Waals surface area contributed by atoms with Crippen molar-refractivity contribution in [2.24, 2.45) is 0 Å². The van der Waals surface area contributed by atoms with E-state index in [0.29, 0.717) is 0 Å². The van der Waals surface area contributed by atoms with Crippen LogP contribution in [0.15, 0.2) is 0 Å². The second kappa shape index (κ2) is 5.07. The van der Waals surface area contributed by atoms with E-state index in [1.807, 2.05) is 0 Å². The van der Waals surface area contributed by atoms with Gasteiger partial charge in [0.1, 0.15) is 6.10 Å². The molecular formula is C9H16O4. The second-order valence-corrected chi connectivity index (χ2v) is 3.20. The van der Waals surface area contributed by atoms with Crippen molar-refractivity contribution in [1.29, 1.82) is 0 Å². The van der Waals surface area contributed by atoms with E-state index in [0.717, 1.165) is 25.7 Å². The molecule has 0 amide bonds. The quantitative estimate of drug-likeness (QED) is 0.502. The molecule has 1 rings (SSSR count). The molecule has 1 unspecified atom stereocenters. The van der Waals surface area contributed by atoms with Gasteiger partial charge in [0, 0.05) is 7.11 Å². The fraction of sp³-hybridized carbons (Fsp3) is 0.889. The van der Waals surface area contributed by atoms with Gasteiger partial charge >= 0.3 is 6.16 Å². The van der Waals surface area contributed by atoms with Crippen LogP contribution in [0.1, 0.15) is 32.6 Å². The third kappa shape index (κ3) is 3.63. The van der Waals surface area contributed by atoms with E-state index in [1.165, 1.54) is 7.11 Å². The zero-order valence-electron chi connectivity index (χ0n) is 8.12. The molecule has 4 heteroatoms. The zero-order chi connectivity index (χ0) is 9.68. The number of carbonyl (C=O) groups excluding carboxylic acids is 1. The van der Waals surface area contributed by atoms with E-state index in [2.05, 4.69) is 0 Å². The van der Waals surface area contributed by atoms with Gasteiger partial charge in [-0.1, -0.05) is 0 Å². The average Bonchev–Trinajstić information content (AvgIpc) is 2.56. The smallest absolute Gasteiger partial charge is 0.431 e. The van der Waals surface area contributed by atoms with Crippen LogP contribution in [0, 0.1) is 0 Å². The molecule has 0 N–H and O–H groups in total. The maximum atomic E-state index is 11.0. The zero-order valence-corrected chi connectivity index (χ0v) is 8.12. The maximum absolute atomic E-state index is 11.0. The molecule has 0 aromatic carbocycles. The van der Waals surface area contributed by atoms with Crippen LogP contribution in [0.5, 0.6) is 0 Å². The first kappa shape index (κ1) is 10.3. The molecule has 1 aliphatic carbocycles. The first-order valence-corrected chi connectivity index (χ1v) is 4.62. The van der Waals surface area contributed by atoms with Crippen molar-refractivity contribution in [2.45, 2.75) is 45.0 Å². The van der Waals surface area contributed by atoms with Crippen molar-refractivity contribution in [3.63, 3.8) is 0 Å². The Morgan fingerprint density at radius 3 is 2.54 bits per heavy atom. The molecule has 0 heterocycles. The van der Waals surface area contributed by atoms with E-state index >= 15 is 0 Å². The van der Waals surface area contributed by atoms with Crippen LogP contribution in [0.3, 0.4) is 0 Å². The van der Waals surface area contributed by atoms with Gasteiger partial charge in [-0.15, -0.1) is 0 Å². The highest BCUT2D eigenvalue weighted by Crippen LogP contribution is 2.21. The van der Waals surface area contributed by atoms with Crippen molar-refractivity contribution in [3.05, 3.63) is 0 Å². The monoisotopic (exact) mass is 188 g/mol. The van der Waals surface area contributed by atoms with Crippen LogP contribution in [-0.4, -0.2) is 25.7 Å². The minimum atomic E-state index is -0.624. The Bertz CT molecular complexity index is 163. The molecule has 0 saturated heterocycles. The summed E-state index contributed by atoms with van der Waals surface area (Å²) in [5, 5.41) is 0. The summed E-state index contributed by atoms with van der Waals surface area (Å²) in [6.45, 7) is 1.65. The minimum Gasteiger partial charge on any atom is -0.431 e. The highest BCUT2D eigenvalue weighted by Gasteiger charge is 2.20. The molecule has 1 fully saturated rings. The lowest BCUT2D eigenvalue weighted by Crippen LogP contribution is -2.21. The lowest BCUT2D eigenvalue weighted by molar-refractivity contribution is -0.0982. The molecule has 4 nitrogen and oxygen atoms in total. The lowest BCUT2D eigenvalue weighted by atomic mass is 10.3. The maximum Gasteiger partial charge on any atom is 0.510 e. The van der Waals surface area contributed by atoms with Crippen LogP contribution in [0.4, 0.5) is 4.79 Å². The number of hydrogen-bond donors (Lipinski definition) is 0. The van der Waals surface area contributed by atoms with E-state index in [9.17, 15) is 4.79 Å². The van der Waals surface area contributed by atoms with Crippen LogP contribution in [-0.2, 0) is 14.2 Å². The van der Waals surface area contributed by atoms with Crippen molar-refractivity contribution in [1.82, 2.24) is 0 Å². The Labute approximate surface area is 78.2 Å². The van der Waals surface area contributed by atoms with Crippen molar-refractivity contribution in [2.75, 3.05) is 7.11 Å². The summed E-state index contributed by atoms with van der Waals surface area (Å²) >= 11 is 0. The Morgan fingerprint density at radius 1 is 1.38 bits per heavy atom. The third-order valence-corrected chi connectivity index (χ3v) is 2.16. The van der Waals surface area contributed by atoms with Gasteiger partial charge in [0.05, 0.1) is 0 Å². The van der Waals surface area contributed by atoms with Gasteiger partial charge in [0.25, 0.3) is 0 Å². The number of carbonyl (C=O) groups is 1. The Balaban J connectivity index is 2.16. The van der Waals surface area contributed by atoms with Gasteiger partial charge in [0.15, 0.2) is 0 Å². The summed E-state index contributed by atoms with van der Waals surface area (Å²) in [6, 6.07) is 0. The van der Waals surface area contributed by atoms with E-state index in [1.54, 1.807) is 6.92 Å². The SMILES string of the molecule is COC(C)OC(=O)OC1CCCC1. The fourth-order valence-corrected chi connectivity index (χ4v) is 1.35. The van der Waals surface area contributed by atoms with Crippen LogP contribution >= 0.6 is 0 Å². The number of ether oxygens (including phenoxy) is 3. The van der Waals surface area contributed by atoms with Gasteiger partial charge in [0.2, 0.25) is 6.29 Å². The van der Waals surface area contributed by atoms with E-state index < -0.39 is 12.4 Å². The van der Waals surface area contributed by atoms with Crippen molar-refractivity contribution < 1.29 is 19.0 Å². The first-order chi connectivity index (χ1) is 6.22. The predicted octanol–water partition coefficient (Wildman–Crippen LogP) is 2.07. The van der Waals surface area contributed by atoms with E-state index in [-0.39, 0.29) is 6.10 Å². The topological polar surface area (TPSA) is 44.8 Å². The molecule has 0 radical (unpaired) electrons. The largest absolute Gasteiger partial charge is 0.510 e. The molecule has 1 atom stereocenters. The molecular weight excluding hydrogens is 172 g/mol. The number of hydrogen-bond acceptors (Lipinski definition) is 4. The standard InChI is InChI=1S/C9H16O4/c1-7(11-2)12-9(10)13-8-5-3-4-6-8/h7-8H,3-6H2,1-2H3. The van der Waals surface area contributed by atoms with Crippen LogP contribution < -0.4 is 0 Å². The molecule has 0 aromatic rings. The Morgan fingerprint density at radius 2 is 2.00 bits per heavy atom. The van der Waals surface area contributed by atoms with Crippen molar-refractivity contribution >= 4 is 6.16 Å². The molecule has 0 spiro atoms. The minimum absolute atomic E-state index is 0.0524. The van der Waals surface area contributed by atoms with Gasteiger partial charge in [-0.2, -0.15) is 0 Å². The summed E-state index contributed by atoms with van der Waals surface area (Å²) < 4.78 is 14.6. The highest BCUT2D eigenvalue weighted by molar-refractivity contribution is 5.60. The van der Waals surface area contributed by atoms with Crippen molar-refractivity contribution in [3.8, 4) is 0 Å². The summed E-state index contributed by atoms with van der Waals surface area (Å²) in [7, 11) is 1.48. The van der Waals surface area contributed by atoms with E-state index in [4.69, 9.17) is 14.2 Å². The summed E-state index contributed by atoms with van der Waals surface area (Å²) in [5.74, 6) is 0. The lowest BCUT2D eigenvalue weighted by Gasteiger charge is -2.14. The first-order valence-electron chi connectivity index (χ1n) is 4.62. The number of methoxy groups -OCH3 is 1. The van der Waals surface area contributed by atoms with Crippen LogP contribution in [0.25, 0.3) is 0 Å². The summed E-state index contributed by atoms with van der Waals surface area (Å²) in [6.07, 6.45) is 3.08. The molecule has 0 aromatic heterocycles. The van der Waals surface area contributed by atoms with Crippen LogP contribution in [0.2, 0.25) is 0 Å². The molecule has 0 aliphatic heterocycles. The summed E-state index contributed by atoms with van der Waals surface area (Å²) in [4.78, 5) is 11.0. The Hall–Kier alpha value is -0.770. The molecule has 1 saturated carbocycles. The third-order valence-electron chi connectivity index (χ3n) is 2.16. The average molecular weight is 188 g/mol. The molecule has 0 bridgehead atoms. The number of rotatable bonds is 3. The molecule has 76 valence electrons. The normalized spacial score (nSPS) is 19.8. The fourth-order valence-electron chi connectivity index (χ4n) is 1.35. The second-order valence-electron chi connectivity index (χ2n) is 3.20. The predicted molar refractivity (Wildman–Crippen MR) is 46.3 cm³/mol. The Kier molecular flexibility index (Phi) is 4.02. The molecule has 13 heavy (non-hydrogen) atoms. The molecule has 1 aliphatic rings. The van der Waals surface area contributed by atoms with Gasteiger partial charge in [-0.05, 0) is 32.6 Å². The van der Waals surface area contributed by atoms with Gasteiger partial charge in [-0.25, -0.2) is 4.79 Å². The van der Waals surface area contributed by atoms with Gasteiger partial charge in [-0.3, -0.25) is 0 Å².